The molecule has 1 aromatic carbocycles. The van der Waals surface area contributed by atoms with Gasteiger partial charge in [0.2, 0.25) is 12.7 Å². The van der Waals surface area contributed by atoms with Crippen molar-refractivity contribution in [2.75, 3.05) is 33.5 Å². The first-order chi connectivity index (χ1) is 12.0. The van der Waals surface area contributed by atoms with E-state index in [-0.39, 0.29) is 24.7 Å². The molecule has 0 bridgehead atoms. The molecule has 7 nitrogen and oxygen atoms in total. The summed E-state index contributed by atoms with van der Waals surface area (Å²) in [4.78, 5) is 25.3. The Morgan fingerprint density at radius 1 is 1.32 bits per heavy atom. The standard InChI is InChI=1S/C18H24N2O5/c1-18(9-13-4-5-14-15(8-13)25-12-24-14)6-3-7-20(11-18)16(21)10-19-17(22)23-2/h4-5,8H,3,6-7,9-12H2,1-2H3,(H,19,22). The average Bonchev–Trinajstić information content (AvgIpc) is 3.06. The molecule has 1 fully saturated rings. The molecule has 25 heavy (non-hydrogen) atoms. The van der Waals surface area contributed by atoms with Crippen LogP contribution in [0, 0.1) is 5.41 Å². The Morgan fingerprint density at radius 3 is 2.92 bits per heavy atom. The van der Waals surface area contributed by atoms with E-state index in [0.717, 1.165) is 37.3 Å². The third kappa shape index (κ3) is 4.15. The largest absolute Gasteiger partial charge is 0.454 e. The summed E-state index contributed by atoms with van der Waals surface area (Å²) in [5.41, 5.74) is 1.17. The van der Waals surface area contributed by atoms with E-state index in [9.17, 15) is 9.59 Å². The Morgan fingerprint density at radius 2 is 2.12 bits per heavy atom. The van der Waals surface area contributed by atoms with Crippen molar-refractivity contribution in [2.24, 2.45) is 5.41 Å². The lowest BCUT2D eigenvalue weighted by Gasteiger charge is -2.40. The highest BCUT2D eigenvalue weighted by molar-refractivity contribution is 5.82. The van der Waals surface area contributed by atoms with Gasteiger partial charge in [-0.1, -0.05) is 13.0 Å². The molecule has 0 radical (unpaired) electrons. The highest BCUT2D eigenvalue weighted by Gasteiger charge is 2.33. The summed E-state index contributed by atoms with van der Waals surface area (Å²) in [6, 6.07) is 6.01. The number of amides is 2. The van der Waals surface area contributed by atoms with Gasteiger partial charge >= 0.3 is 6.09 Å². The number of piperidine rings is 1. The summed E-state index contributed by atoms with van der Waals surface area (Å²) in [6.07, 6.45) is 2.27. The number of carbonyl (C=O) groups excluding carboxylic acids is 2. The van der Waals surface area contributed by atoms with Gasteiger partial charge in [0.25, 0.3) is 0 Å². The molecule has 0 saturated carbocycles. The highest BCUT2D eigenvalue weighted by atomic mass is 16.7. The number of benzene rings is 1. The number of fused-ring (bicyclic) bond motifs is 1. The molecule has 0 aliphatic carbocycles. The minimum absolute atomic E-state index is 0.00707. The summed E-state index contributed by atoms with van der Waals surface area (Å²) in [5, 5.41) is 2.45. The number of likely N-dealkylation sites (tertiary alicyclic amines) is 1. The van der Waals surface area contributed by atoms with Crippen LogP contribution in [0.4, 0.5) is 4.79 Å². The van der Waals surface area contributed by atoms with Crippen LogP contribution in [0.25, 0.3) is 0 Å². The van der Waals surface area contributed by atoms with Crippen molar-refractivity contribution in [3.05, 3.63) is 23.8 Å². The Balaban J connectivity index is 1.61. The van der Waals surface area contributed by atoms with Gasteiger partial charge in [0.15, 0.2) is 11.5 Å². The topological polar surface area (TPSA) is 77.1 Å². The maximum absolute atomic E-state index is 12.3. The van der Waals surface area contributed by atoms with E-state index in [0.29, 0.717) is 6.54 Å². The molecular formula is C18H24N2O5. The molecule has 1 N–H and O–H groups in total. The third-order valence-electron chi connectivity index (χ3n) is 4.77. The summed E-state index contributed by atoms with van der Waals surface area (Å²) >= 11 is 0. The van der Waals surface area contributed by atoms with Crippen LogP contribution in [0.5, 0.6) is 11.5 Å². The molecule has 2 aliphatic heterocycles. The second kappa shape index (κ2) is 7.21. The number of ether oxygens (including phenoxy) is 3. The molecule has 0 aromatic heterocycles. The Bertz CT molecular complexity index is 663. The number of nitrogens with one attached hydrogen (secondary N) is 1. The van der Waals surface area contributed by atoms with E-state index >= 15 is 0 Å². The summed E-state index contributed by atoms with van der Waals surface area (Å²) in [7, 11) is 1.28. The van der Waals surface area contributed by atoms with Gasteiger partial charge in [-0.15, -0.1) is 0 Å². The first-order valence-corrected chi connectivity index (χ1v) is 8.47. The van der Waals surface area contributed by atoms with Gasteiger partial charge < -0.3 is 24.4 Å². The number of alkyl carbamates (subject to hydrolysis) is 1. The lowest BCUT2D eigenvalue weighted by Crippen LogP contribution is -2.49. The second-order valence-electron chi connectivity index (χ2n) is 6.94. The van der Waals surface area contributed by atoms with Gasteiger partial charge in [-0.2, -0.15) is 0 Å². The number of hydrogen-bond donors (Lipinski definition) is 1. The number of carbonyl (C=O) groups is 2. The van der Waals surface area contributed by atoms with Crippen LogP contribution in [-0.2, 0) is 16.0 Å². The molecular weight excluding hydrogens is 324 g/mol. The van der Waals surface area contributed by atoms with Gasteiger partial charge in [0.1, 0.15) is 6.54 Å². The SMILES string of the molecule is COC(=O)NCC(=O)N1CCCC(C)(Cc2ccc3c(c2)OCO3)C1. The van der Waals surface area contributed by atoms with Crippen molar-refractivity contribution in [2.45, 2.75) is 26.2 Å². The van der Waals surface area contributed by atoms with Crippen LogP contribution in [-0.4, -0.2) is 50.4 Å². The molecule has 3 rings (SSSR count). The summed E-state index contributed by atoms with van der Waals surface area (Å²) in [5.74, 6) is 1.48. The van der Waals surface area contributed by atoms with E-state index in [1.165, 1.54) is 12.7 Å². The molecule has 1 atom stereocenters. The minimum atomic E-state index is -0.589. The van der Waals surface area contributed by atoms with Crippen LogP contribution in [0.1, 0.15) is 25.3 Å². The highest BCUT2D eigenvalue weighted by Crippen LogP contribution is 2.37. The van der Waals surface area contributed by atoms with Crippen LogP contribution in [0.3, 0.4) is 0 Å². The summed E-state index contributed by atoms with van der Waals surface area (Å²) < 4.78 is 15.3. The van der Waals surface area contributed by atoms with Crippen LogP contribution in [0.2, 0.25) is 0 Å². The lowest BCUT2D eigenvalue weighted by molar-refractivity contribution is -0.133. The van der Waals surface area contributed by atoms with Gasteiger partial charge in [0, 0.05) is 13.1 Å². The molecule has 2 amide bonds. The lowest BCUT2D eigenvalue weighted by atomic mass is 9.77. The number of hydrogen-bond acceptors (Lipinski definition) is 5. The van der Waals surface area contributed by atoms with Gasteiger partial charge in [0.05, 0.1) is 7.11 Å². The molecule has 0 spiro atoms. The zero-order chi connectivity index (χ0) is 17.9. The second-order valence-corrected chi connectivity index (χ2v) is 6.94. The first-order valence-electron chi connectivity index (χ1n) is 8.47. The summed E-state index contributed by atoms with van der Waals surface area (Å²) in [6.45, 7) is 3.82. The predicted octanol–water partition coefficient (Wildman–Crippen LogP) is 1.94. The monoisotopic (exact) mass is 348 g/mol. The van der Waals surface area contributed by atoms with Crippen LogP contribution < -0.4 is 14.8 Å². The van der Waals surface area contributed by atoms with Crippen molar-refractivity contribution in [1.29, 1.82) is 0 Å². The van der Waals surface area contributed by atoms with E-state index < -0.39 is 6.09 Å². The quantitative estimate of drug-likeness (QED) is 0.900. The first kappa shape index (κ1) is 17.4. The van der Waals surface area contributed by atoms with Crippen molar-refractivity contribution in [1.82, 2.24) is 10.2 Å². The smallest absolute Gasteiger partial charge is 0.407 e. The molecule has 2 aliphatic rings. The normalized spacial score (nSPS) is 21.8. The maximum Gasteiger partial charge on any atom is 0.407 e. The predicted molar refractivity (Wildman–Crippen MR) is 90.6 cm³/mol. The molecule has 1 saturated heterocycles. The van der Waals surface area contributed by atoms with Crippen LogP contribution >= 0.6 is 0 Å². The van der Waals surface area contributed by atoms with E-state index in [2.05, 4.69) is 23.0 Å². The van der Waals surface area contributed by atoms with E-state index in [1.807, 2.05) is 17.0 Å². The van der Waals surface area contributed by atoms with Crippen molar-refractivity contribution in [3.63, 3.8) is 0 Å². The number of nitrogens with zero attached hydrogens (tertiary/aromatic N) is 1. The molecule has 1 unspecified atom stereocenters. The fourth-order valence-corrected chi connectivity index (χ4v) is 3.55. The fourth-order valence-electron chi connectivity index (χ4n) is 3.55. The molecule has 2 heterocycles. The van der Waals surface area contributed by atoms with Gasteiger partial charge in [-0.25, -0.2) is 4.79 Å². The van der Waals surface area contributed by atoms with Crippen molar-refractivity contribution < 1.29 is 23.8 Å². The minimum Gasteiger partial charge on any atom is -0.454 e. The zero-order valence-corrected chi connectivity index (χ0v) is 14.7. The average molecular weight is 348 g/mol. The third-order valence-corrected chi connectivity index (χ3v) is 4.77. The van der Waals surface area contributed by atoms with Crippen molar-refractivity contribution >= 4 is 12.0 Å². The Kier molecular flexibility index (Phi) is 5.01. The van der Waals surface area contributed by atoms with E-state index in [1.54, 1.807) is 0 Å². The van der Waals surface area contributed by atoms with E-state index in [4.69, 9.17) is 9.47 Å². The van der Waals surface area contributed by atoms with Crippen LogP contribution in [0.15, 0.2) is 18.2 Å². The van der Waals surface area contributed by atoms with Crippen molar-refractivity contribution in [3.8, 4) is 11.5 Å². The number of methoxy groups -OCH3 is 1. The van der Waals surface area contributed by atoms with Gasteiger partial charge in [-0.3, -0.25) is 4.79 Å². The Labute approximate surface area is 147 Å². The molecule has 1 aromatic rings. The molecule has 7 heteroatoms. The number of rotatable bonds is 4. The maximum atomic E-state index is 12.3. The van der Waals surface area contributed by atoms with Gasteiger partial charge in [-0.05, 0) is 42.4 Å². The zero-order valence-electron chi connectivity index (χ0n) is 14.7. The molecule has 136 valence electrons. The fraction of sp³-hybridized carbons (Fsp3) is 0.556. The Hall–Kier alpha value is -2.44.